The molecule has 1 amide bonds. The number of anilines is 1. The number of aryl methyl sites for hydroxylation is 2. The van der Waals surface area contributed by atoms with Crippen molar-refractivity contribution in [3.05, 3.63) is 59.4 Å². The van der Waals surface area contributed by atoms with E-state index in [9.17, 15) is 9.18 Å². The fraction of sp³-hybridized carbons (Fsp3) is 0.375. The van der Waals surface area contributed by atoms with Crippen LogP contribution in [0.3, 0.4) is 0 Å². The van der Waals surface area contributed by atoms with Gasteiger partial charge in [-0.15, -0.1) is 0 Å². The summed E-state index contributed by atoms with van der Waals surface area (Å²) in [6, 6.07) is 4.88. The molecule has 34 heavy (non-hydrogen) atoms. The predicted octanol–water partition coefficient (Wildman–Crippen LogP) is 3.81. The van der Waals surface area contributed by atoms with Crippen LogP contribution >= 0.6 is 0 Å². The Bertz CT molecular complexity index is 1190. The number of rotatable bonds is 4. The minimum Gasteiger partial charge on any atom is -0.481 e. The molecule has 178 valence electrons. The zero-order valence-electron chi connectivity index (χ0n) is 19.3. The fourth-order valence-corrected chi connectivity index (χ4v) is 4.00. The van der Waals surface area contributed by atoms with Crippen molar-refractivity contribution in [2.75, 3.05) is 25.6 Å². The number of aromatic nitrogens is 4. The summed E-state index contributed by atoms with van der Waals surface area (Å²) in [6.45, 7) is 3.27. The first-order valence-electron chi connectivity index (χ1n) is 11.0. The summed E-state index contributed by atoms with van der Waals surface area (Å²) in [5, 5.41) is 3.17. The largest absolute Gasteiger partial charge is 0.481 e. The van der Waals surface area contributed by atoms with Gasteiger partial charge in [-0.3, -0.25) is 4.79 Å². The van der Waals surface area contributed by atoms with E-state index in [0.29, 0.717) is 24.6 Å². The number of nitrogens with one attached hydrogen (secondary N) is 1. The Morgan fingerprint density at radius 3 is 2.71 bits per heavy atom. The summed E-state index contributed by atoms with van der Waals surface area (Å²) in [4.78, 5) is 31.6. The number of nitrogens with zero attached hydrogens (tertiary/aromatic N) is 5. The molecule has 0 saturated heterocycles. The summed E-state index contributed by atoms with van der Waals surface area (Å²) in [7, 11) is 1.34. The third-order valence-corrected chi connectivity index (χ3v) is 5.89. The molecule has 10 heteroatoms. The lowest BCUT2D eigenvalue weighted by Crippen LogP contribution is -2.45. The minimum atomic E-state index is -2.60. The molecule has 0 bridgehead atoms. The van der Waals surface area contributed by atoms with Gasteiger partial charge in [0.25, 0.3) is 5.91 Å². The monoisotopic (exact) mass is 468 g/mol. The highest BCUT2D eigenvalue weighted by Gasteiger charge is 2.41. The highest BCUT2D eigenvalue weighted by molar-refractivity contribution is 5.86. The SMILES string of the molecule is COc1cc([C@](C)(F)C(=O)N2CCCCc3cc(-c4ncccn4)c(C)nc3NC2)c(F)cn1. The Labute approximate surface area is 196 Å². The van der Waals surface area contributed by atoms with Gasteiger partial charge in [0.15, 0.2) is 5.82 Å². The Morgan fingerprint density at radius 2 is 1.97 bits per heavy atom. The van der Waals surface area contributed by atoms with E-state index in [1.54, 1.807) is 18.5 Å². The molecule has 0 spiro atoms. The molecule has 0 aromatic carbocycles. The Hall–Kier alpha value is -3.69. The zero-order chi connectivity index (χ0) is 24.3. The van der Waals surface area contributed by atoms with Crippen molar-refractivity contribution in [3.63, 3.8) is 0 Å². The number of amides is 1. The molecule has 0 unspecified atom stereocenters. The third kappa shape index (κ3) is 4.66. The van der Waals surface area contributed by atoms with Gasteiger partial charge in [-0.2, -0.15) is 0 Å². The highest BCUT2D eigenvalue weighted by Crippen LogP contribution is 2.33. The maximum atomic E-state index is 15.7. The van der Waals surface area contributed by atoms with Gasteiger partial charge in [0.2, 0.25) is 11.5 Å². The van der Waals surface area contributed by atoms with Crippen LogP contribution in [0, 0.1) is 12.7 Å². The van der Waals surface area contributed by atoms with Crippen LogP contribution in [0.1, 0.15) is 36.6 Å². The molecule has 1 aliphatic heterocycles. The van der Waals surface area contributed by atoms with E-state index in [2.05, 4.69) is 25.3 Å². The Balaban J connectivity index is 1.59. The molecular formula is C24H26F2N6O2. The molecule has 4 heterocycles. The van der Waals surface area contributed by atoms with Crippen LogP contribution in [0.2, 0.25) is 0 Å². The van der Waals surface area contributed by atoms with Crippen molar-refractivity contribution in [1.29, 1.82) is 0 Å². The van der Waals surface area contributed by atoms with E-state index in [4.69, 9.17) is 4.74 Å². The van der Waals surface area contributed by atoms with Crippen LogP contribution in [-0.2, 0) is 16.9 Å². The maximum Gasteiger partial charge on any atom is 0.266 e. The van der Waals surface area contributed by atoms with Gasteiger partial charge in [-0.05, 0) is 50.8 Å². The number of hydrogen-bond acceptors (Lipinski definition) is 7. The fourth-order valence-electron chi connectivity index (χ4n) is 4.00. The molecule has 3 aromatic rings. The summed E-state index contributed by atoms with van der Waals surface area (Å²) in [5.41, 5.74) is -0.472. The van der Waals surface area contributed by atoms with Crippen LogP contribution < -0.4 is 10.1 Å². The van der Waals surface area contributed by atoms with Gasteiger partial charge >= 0.3 is 0 Å². The quantitative estimate of drug-likeness (QED) is 0.622. The van der Waals surface area contributed by atoms with Crippen LogP contribution in [0.15, 0.2) is 36.8 Å². The number of pyridine rings is 2. The number of carbonyl (C=O) groups is 1. The first kappa shape index (κ1) is 23.5. The number of fused-ring (bicyclic) bond motifs is 1. The van der Waals surface area contributed by atoms with Crippen molar-refractivity contribution in [2.45, 2.75) is 38.8 Å². The maximum absolute atomic E-state index is 15.7. The molecular weight excluding hydrogens is 442 g/mol. The topological polar surface area (TPSA) is 93.1 Å². The van der Waals surface area contributed by atoms with Gasteiger partial charge in [0.1, 0.15) is 11.6 Å². The molecule has 0 saturated carbocycles. The van der Waals surface area contributed by atoms with Gasteiger partial charge in [0.05, 0.1) is 25.7 Å². The first-order valence-corrected chi connectivity index (χ1v) is 11.0. The van der Waals surface area contributed by atoms with Gasteiger partial charge in [0, 0.05) is 36.1 Å². The van der Waals surface area contributed by atoms with Crippen molar-refractivity contribution >= 4 is 11.7 Å². The molecule has 8 nitrogen and oxygen atoms in total. The highest BCUT2D eigenvalue weighted by atomic mass is 19.1. The molecule has 1 atom stereocenters. The van der Waals surface area contributed by atoms with Crippen molar-refractivity contribution in [2.24, 2.45) is 0 Å². The lowest BCUT2D eigenvalue weighted by molar-refractivity contribution is -0.143. The summed E-state index contributed by atoms with van der Waals surface area (Å²) in [5.74, 6) is -0.511. The Morgan fingerprint density at radius 1 is 1.21 bits per heavy atom. The van der Waals surface area contributed by atoms with Crippen LogP contribution in [-0.4, -0.2) is 51.1 Å². The molecule has 1 N–H and O–H groups in total. The van der Waals surface area contributed by atoms with Gasteiger partial charge in [-0.25, -0.2) is 28.7 Å². The normalized spacial score (nSPS) is 15.7. The summed E-state index contributed by atoms with van der Waals surface area (Å²) >= 11 is 0. The van der Waals surface area contributed by atoms with Gasteiger partial charge < -0.3 is 15.0 Å². The first-order chi connectivity index (χ1) is 16.3. The number of hydrogen-bond donors (Lipinski definition) is 1. The molecule has 0 radical (unpaired) electrons. The second-order valence-electron chi connectivity index (χ2n) is 8.27. The average Bonchev–Trinajstić information content (AvgIpc) is 2.94. The lowest BCUT2D eigenvalue weighted by atomic mass is 9.96. The number of alkyl halides is 1. The van der Waals surface area contributed by atoms with Crippen LogP contribution in [0.5, 0.6) is 5.88 Å². The lowest BCUT2D eigenvalue weighted by Gasteiger charge is -2.30. The molecule has 4 rings (SSSR count). The number of ether oxygens (including phenoxy) is 1. The van der Waals surface area contributed by atoms with E-state index in [1.807, 2.05) is 13.0 Å². The zero-order valence-corrected chi connectivity index (χ0v) is 19.3. The van der Waals surface area contributed by atoms with E-state index in [1.165, 1.54) is 12.0 Å². The molecule has 3 aromatic heterocycles. The standard InChI is InChI=1S/C24H26F2N6O2/c1-15-17(22-27-8-6-9-28-22)11-16-7-4-5-10-32(14-30-21(16)31-15)23(33)24(2,26)18-12-20(34-3)29-13-19(18)25/h6,8-9,11-13H,4-5,7,10,14H2,1-3H3,(H,30,31)/t24-/m0/s1. The smallest absolute Gasteiger partial charge is 0.266 e. The van der Waals surface area contributed by atoms with Crippen molar-refractivity contribution in [3.8, 4) is 17.3 Å². The van der Waals surface area contributed by atoms with E-state index >= 15 is 4.39 Å². The number of methoxy groups -OCH3 is 1. The van der Waals surface area contributed by atoms with Crippen molar-refractivity contribution < 1.29 is 18.3 Å². The van der Waals surface area contributed by atoms with Crippen LogP contribution in [0.25, 0.3) is 11.4 Å². The third-order valence-electron chi connectivity index (χ3n) is 5.89. The summed E-state index contributed by atoms with van der Waals surface area (Å²) < 4.78 is 35.1. The minimum absolute atomic E-state index is 0.0301. The number of halogens is 2. The average molecular weight is 469 g/mol. The van der Waals surface area contributed by atoms with Gasteiger partial charge in [-0.1, -0.05) is 0 Å². The second kappa shape index (κ2) is 9.66. The molecule has 0 fully saturated rings. The van der Waals surface area contributed by atoms with E-state index < -0.39 is 23.0 Å². The molecule has 1 aliphatic rings. The van der Waals surface area contributed by atoms with E-state index in [0.717, 1.165) is 48.8 Å². The predicted molar refractivity (Wildman–Crippen MR) is 122 cm³/mol. The number of carbonyl (C=O) groups excluding carboxylic acids is 1. The summed E-state index contributed by atoms with van der Waals surface area (Å²) in [6.07, 6.45) is 6.35. The van der Waals surface area contributed by atoms with Crippen molar-refractivity contribution in [1.82, 2.24) is 24.8 Å². The van der Waals surface area contributed by atoms with Crippen LogP contribution in [0.4, 0.5) is 14.6 Å². The Kier molecular flexibility index (Phi) is 6.67. The van der Waals surface area contributed by atoms with E-state index in [-0.39, 0.29) is 12.5 Å². The molecule has 0 aliphatic carbocycles. The second-order valence-corrected chi connectivity index (χ2v) is 8.27.